The third-order valence-electron chi connectivity index (χ3n) is 4.72. The zero-order valence-electron chi connectivity index (χ0n) is 18.0. The molecule has 0 heterocycles. The van der Waals surface area contributed by atoms with Gasteiger partial charge in [-0.2, -0.15) is 0 Å². The normalized spacial score (nSPS) is 10.6. The average molecular weight is 511 g/mol. The van der Waals surface area contributed by atoms with Gasteiger partial charge in [0.25, 0.3) is 0 Å². The minimum Gasteiger partial charge on any atom is -0.495 e. The lowest BCUT2D eigenvalue weighted by atomic mass is 10.1. The van der Waals surface area contributed by atoms with Crippen LogP contribution in [0.1, 0.15) is 28.4 Å². The molecule has 0 amide bonds. The van der Waals surface area contributed by atoms with Crippen LogP contribution in [0.3, 0.4) is 0 Å². The average Bonchev–Trinajstić information content (AvgIpc) is 2.78. The van der Waals surface area contributed by atoms with Crippen LogP contribution in [-0.2, 0) is 13.2 Å². The Morgan fingerprint density at radius 2 is 1.70 bits per heavy atom. The molecule has 0 atom stereocenters. The second kappa shape index (κ2) is 11.4. The molecule has 3 aromatic carbocycles. The molecule has 3 rings (SSSR count). The number of ether oxygens (including phenoxy) is 3. The van der Waals surface area contributed by atoms with Gasteiger partial charge in [-0.1, -0.05) is 40.9 Å². The molecule has 33 heavy (non-hydrogen) atoms. The van der Waals surface area contributed by atoms with Crippen LogP contribution in [0.5, 0.6) is 17.2 Å². The minimum absolute atomic E-state index is 0.120. The molecule has 0 spiro atoms. The number of anilines is 1. The van der Waals surface area contributed by atoms with E-state index in [0.29, 0.717) is 56.7 Å². The van der Waals surface area contributed by atoms with Crippen LogP contribution >= 0.6 is 34.8 Å². The lowest BCUT2D eigenvalue weighted by molar-refractivity contribution is 0.0697. The summed E-state index contributed by atoms with van der Waals surface area (Å²) in [6.45, 7) is 2.73. The van der Waals surface area contributed by atoms with Crippen LogP contribution in [0.15, 0.2) is 48.5 Å². The van der Waals surface area contributed by atoms with Gasteiger partial charge in [0.15, 0.2) is 11.5 Å². The van der Waals surface area contributed by atoms with Crippen molar-refractivity contribution in [2.45, 2.75) is 20.1 Å². The smallest absolute Gasteiger partial charge is 0.335 e. The monoisotopic (exact) mass is 509 g/mol. The Hall–Kier alpha value is -2.80. The molecular formula is C24H22Cl3NO5. The van der Waals surface area contributed by atoms with E-state index in [2.05, 4.69) is 5.32 Å². The molecule has 0 fully saturated rings. The largest absolute Gasteiger partial charge is 0.495 e. The van der Waals surface area contributed by atoms with Crippen LogP contribution in [-0.4, -0.2) is 24.8 Å². The minimum atomic E-state index is -1.03. The summed E-state index contributed by atoms with van der Waals surface area (Å²) in [4.78, 5) is 11.3. The molecule has 0 unspecified atom stereocenters. The first-order chi connectivity index (χ1) is 15.8. The van der Waals surface area contributed by atoms with Crippen LogP contribution in [0.25, 0.3) is 0 Å². The highest BCUT2D eigenvalue weighted by Crippen LogP contribution is 2.38. The lowest BCUT2D eigenvalue weighted by Gasteiger charge is -2.17. The molecule has 0 bridgehead atoms. The third-order valence-corrected chi connectivity index (χ3v) is 5.71. The number of aromatic carboxylic acids is 1. The van der Waals surface area contributed by atoms with Crippen molar-refractivity contribution >= 4 is 46.5 Å². The Bertz CT molecular complexity index is 1130. The number of nitrogens with one attached hydrogen (secondary N) is 1. The van der Waals surface area contributed by atoms with Crippen LogP contribution < -0.4 is 19.5 Å². The molecule has 174 valence electrons. The van der Waals surface area contributed by atoms with Crippen molar-refractivity contribution in [1.29, 1.82) is 0 Å². The van der Waals surface area contributed by atoms with E-state index in [-0.39, 0.29) is 12.2 Å². The highest BCUT2D eigenvalue weighted by Gasteiger charge is 2.16. The molecule has 0 radical (unpaired) electrons. The molecule has 0 aliphatic carbocycles. The fourth-order valence-corrected chi connectivity index (χ4v) is 3.91. The molecule has 9 heteroatoms. The van der Waals surface area contributed by atoms with Gasteiger partial charge in [-0.15, -0.1) is 0 Å². The summed E-state index contributed by atoms with van der Waals surface area (Å²) in [6.07, 6.45) is 0. The molecule has 3 aromatic rings. The van der Waals surface area contributed by atoms with Crippen molar-refractivity contribution < 1.29 is 24.1 Å². The first-order valence-corrected chi connectivity index (χ1v) is 11.1. The Kier molecular flexibility index (Phi) is 8.55. The summed E-state index contributed by atoms with van der Waals surface area (Å²) in [5.41, 5.74) is 2.14. The topological polar surface area (TPSA) is 77.0 Å². The van der Waals surface area contributed by atoms with Gasteiger partial charge in [-0.3, -0.25) is 0 Å². The highest BCUT2D eigenvalue weighted by atomic mass is 35.5. The lowest BCUT2D eigenvalue weighted by Crippen LogP contribution is -2.06. The predicted octanol–water partition coefficient (Wildman–Crippen LogP) is 6.94. The van der Waals surface area contributed by atoms with Gasteiger partial charge in [0.05, 0.1) is 30.0 Å². The number of carbonyl (C=O) groups is 1. The molecule has 6 nitrogen and oxygen atoms in total. The van der Waals surface area contributed by atoms with Crippen molar-refractivity contribution in [1.82, 2.24) is 0 Å². The summed E-state index contributed by atoms with van der Waals surface area (Å²) in [6, 6.07) is 13.4. The molecule has 0 aliphatic rings. The molecule has 0 aromatic heterocycles. The number of hydrogen-bond donors (Lipinski definition) is 2. The number of carboxylic acid groups (broad SMARTS) is 1. The van der Waals surface area contributed by atoms with E-state index in [1.165, 1.54) is 19.2 Å². The van der Waals surface area contributed by atoms with E-state index in [4.69, 9.17) is 49.0 Å². The summed E-state index contributed by atoms with van der Waals surface area (Å²) in [7, 11) is 1.52. The van der Waals surface area contributed by atoms with Gasteiger partial charge in [0.2, 0.25) is 0 Å². The van der Waals surface area contributed by atoms with E-state index in [1.54, 1.807) is 36.4 Å². The Balaban J connectivity index is 1.82. The summed E-state index contributed by atoms with van der Waals surface area (Å²) in [5, 5.41) is 13.8. The second-order valence-corrected chi connectivity index (χ2v) is 8.12. The van der Waals surface area contributed by atoms with Crippen LogP contribution in [0.4, 0.5) is 5.69 Å². The SMILES string of the molecule is CCOc1cc(CNc2cc(C(=O)O)ccc2OC)cc(Cl)c1OCc1c(Cl)cccc1Cl. The highest BCUT2D eigenvalue weighted by molar-refractivity contribution is 6.36. The summed E-state index contributed by atoms with van der Waals surface area (Å²) >= 11 is 19.0. The Morgan fingerprint density at radius 1 is 0.970 bits per heavy atom. The van der Waals surface area contributed by atoms with Gasteiger partial charge in [-0.25, -0.2) is 4.79 Å². The van der Waals surface area contributed by atoms with Crippen molar-refractivity contribution in [2.75, 3.05) is 19.0 Å². The second-order valence-electron chi connectivity index (χ2n) is 6.90. The zero-order valence-corrected chi connectivity index (χ0v) is 20.2. The number of rotatable bonds is 10. The number of halogens is 3. The number of carboxylic acids is 1. The van der Waals surface area contributed by atoms with Gasteiger partial charge in [0.1, 0.15) is 12.4 Å². The van der Waals surface area contributed by atoms with Gasteiger partial charge in [-0.05, 0) is 55.0 Å². The van der Waals surface area contributed by atoms with Gasteiger partial charge >= 0.3 is 5.97 Å². The maximum absolute atomic E-state index is 11.3. The standard InChI is InChI=1S/C24H22Cl3NO5/c1-3-32-22-10-14(12-28-20-11-15(24(29)30)7-8-21(20)31-2)9-19(27)23(22)33-13-16-17(25)5-4-6-18(16)26/h4-11,28H,3,12-13H2,1-2H3,(H,29,30). The van der Waals surface area contributed by atoms with Crippen molar-refractivity contribution in [3.05, 3.63) is 80.3 Å². The van der Waals surface area contributed by atoms with Crippen LogP contribution in [0, 0.1) is 0 Å². The molecule has 0 saturated heterocycles. The van der Waals surface area contributed by atoms with E-state index >= 15 is 0 Å². The molecule has 0 aliphatic heterocycles. The molecular weight excluding hydrogens is 489 g/mol. The Morgan fingerprint density at radius 3 is 2.33 bits per heavy atom. The van der Waals surface area contributed by atoms with Gasteiger partial charge in [0, 0.05) is 22.2 Å². The molecule has 0 saturated carbocycles. The fourth-order valence-electron chi connectivity index (χ4n) is 3.12. The summed E-state index contributed by atoms with van der Waals surface area (Å²) in [5.74, 6) is 0.343. The first kappa shape index (κ1) is 24.8. The maximum Gasteiger partial charge on any atom is 0.335 e. The first-order valence-electron chi connectivity index (χ1n) is 10.00. The number of hydrogen-bond acceptors (Lipinski definition) is 5. The fraction of sp³-hybridized carbons (Fsp3) is 0.208. The maximum atomic E-state index is 11.3. The Labute approximate surface area is 206 Å². The number of benzene rings is 3. The molecule has 2 N–H and O–H groups in total. The zero-order chi connectivity index (χ0) is 24.0. The van der Waals surface area contributed by atoms with Crippen LogP contribution in [0.2, 0.25) is 15.1 Å². The van der Waals surface area contributed by atoms with E-state index < -0.39 is 5.97 Å². The van der Waals surface area contributed by atoms with E-state index in [9.17, 15) is 9.90 Å². The summed E-state index contributed by atoms with van der Waals surface area (Å²) < 4.78 is 17.0. The van der Waals surface area contributed by atoms with E-state index in [1.807, 2.05) is 6.92 Å². The third kappa shape index (κ3) is 6.16. The van der Waals surface area contributed by atoms with Crippen molar-refractivity contribution in [3.8, 4) is 17.2 Å². The quantitative estimate of drug-likeness (QED) is 0.307. The van der Waals surface area contributed by atoms with Crippen molar-refractivity contribution in [2.24, 2.45) is 0 Å². The van der Waals surface area contributed by atoms with E-state index in [0.717, 1.165) is 5.56 Å². The number of methoxy groups -OCH3 is 1. The predicted molar refractivity (Wildman–Crippen MR) is 131 cm³/mol. The van der Waals surface area contributed by atoms with Crippen molar-refractivity contribution in [3.63, 3.8) is 0 Å². The van der Waals surface area contributed by atoms with Gasteiger partial charge < -0.3 is 24.6 Å².